The Morgan fingerprint density at radius 2 is 2.14 bits per heavy atom. The van der Waals surface area contributed by atoms with E-state index in [-0.39, 0.29) is 0 Å². The van der Waals surface area contributed by atoms with Crippen molar-refractivity contribution in [2.45, 2.75) is 50.4 Å². The van der Waals surface area contributed by atoms with Gasteiger partial charge in [-0.3, -0.25) is 5.32 Å². The van der Waals surface area contributed by atoms with Gasteiger partial charge in [-0.1, -0.05) is 6.42 Å². The molecule has 5 atom stereocenters. The normalized spacial score (nSPS) is 57.0. The highest BCUT2D eigenvalue weighted by Crippen LogP contribution is 2.55. The first-order valence-electron chi connectivity index (χ1n) is 6.09. The molecule has 2 aliphatic carbocycles. The van der Waals surface area contributed by atoms with Crippen LogP contribution in [-0.2, 0) is 0 Å². The molecule has 1 heterocycles. The molecule has 0 aromatic carbocycles. The van der Waals surface area contributed by atoms with E-state index in [9.17, 15) is 0 Å². The van der Waals surface area contributed by atoms with Crippen LogP contribution in [0.25, 0.3) is 0 Å². The van der Waals surface area contributed by atoms with Crippen LogP contribution >= 0.6 is 11.8 Å². The molecule has 0 aromatic heterocycles. The number of hydrogen-bond donors (Lipinski definition) is 1. The second-order valence-corrected chi connectivity index (χ2v) is 7.21. The first kappa shape index (κ1) is 9.53. The van der Waals surface area contributed by atoms with Gasteiger partial charge in [0.2, 0.25) is 0 Å². The highest BCUT2D eigenvalue weighted by molar-refractivity contribution is 8.00. The van der Waals surface area contributed by atoms with Gasteiger partial charge in [-0.25, -0.2) is 0 Å². The average Bonchev–Trinajstić information content (AvgIpc) is 2.80. The summed E-state index contributed by atoms with van der Waals surface area (Å²) in [6, 6.07) is 0.726. The van der Waals surface area contributed by atoms with E-state index >= 15 is 0 Å². The Morgan fingerprint density at radius 1 is 1.29 bits per heavy atom. The number of nitrogens with one attached hydrogen (secondary N) is 1. The first-order chi connectivity index (χ1) is 6.67. The minimum atomic E-state index is 0.416. The van der Waals surface area contributed by atoms with Crippen LogP contribution in [0.5, 0.6) is 0 Å². The lowest BCUT2D eigenvalue weighted by Gasteiger charge is -2.37. The number of fused-ring (bicyclic) bond motifs is 2. The molecule has 1 nitrogen and oxygen atoms in total. The monoisotopic (exact) mass is 211 g/mol. The summed E-state index contributed by atoms with van der Waals surface area (Å²) in [6.45, 7) is 4.78. The molecule has 5 unspecified atom stereocenters. The van der Waals surface area contributed by atoms with Crippen LogP contribution in [0, 0.1) is 17.8 Å². The summed E-state index contributed by atoms with van der Waals surface area (Å²) in [7, 11) is 0. The van der Waals surface area contributed by atoms with Gasteiger partial charge in [0.15, 0.2) is 0 Å². The molecule has 0 spiro atoms. The largest absolute Gasteiger partial charge is 0.299 e. The third kappa shape index (κ3) is 1.34. The van der Waals surface area contributed by atoms with Crippen molar-refractivity contribution < 1.29 is 0 Å². The Labute approximate surface area is 91.4 Å². The van der Waals surface area contributed by atoms with Gasteiger partial charge in [0.1, 0.15) is 0 Å². The van der Waals surface area contributed by atoms with Crippen molar-refractivity contribution >= 4 is 11.8 Å². The molecule has 0 radical (unpaired) electrons. The van der Waals surface area contributed by atoms with Crippen LogP contribution in [0.15, 0.2) is 0 Å². The molecule has 80 valence electrons. The fraction of sp³-hybridized carbons (Fsp3) is 1.00. The van der Waals surface area contributed by atoms with E-state index in [1.165, 1.54) is 31.4 Å². The molecule has 1 saturated heterocycles. The van der Waals surface area contributed by atoms with E-state index in [0.717, 1.165) is 23.8 Å². The molecule has 2 saturated carbocycles. The molecule has 2 bridgehead atoms. The van der Waals surface area contributed by atoms with Gasteiger partial charge in [0.25, 0.3) is 0 Å². The van der Waals surface area contributed by atoms with Gasteiger partial charge >= 0.3 is 0 Å². The third-order valence-electron chi connectivity index (χ3n) is 4.61. The molecule has 0 aromatic rings. The van der Waals surface area contributed by atoms with Crippen LogP contribution < -0.4 is 5.32 Å². The average molecular weight is 211 g/mol. The van der Waals surface area contributed by atoms with Crippen molar-refractivity contribution in [2.75, 3.05) is 5.75 Å². The molecular formula is C12H21NS. The summed E-state index contributed by atoms with van der Waals surface area (Å²) in [4.78, 5) is 0.416. The summed E-state index contributed by atoms with van der Waals surface area (Å²) in [6.07, 6.45) is 6.09. The zero-order chi connectivity index (χ0) is 9.76. The Hall–Kier alpha value is 0.310. The molecule has 3 rings (SSSR count). The lowest BCUT2D eigenvalue weighted by Crippen LogP contribution is -2.46. The summed E-state index contributed by atoms with van der Waals surface area (Å²) in [5.74, 6) is 4.41. The van der Waals surface area contributed by atoms with Crippen LogP contribution in [0.4, 0.5) is 0 Å². The minimum absolute atomic E-state index is 0.416. The van der Waals surface area contributed by atoms with E-state index in [4.69, 9.17) is 0 Å². The van der Waals surface area contributed by atoms with E-state index in [1.807, 2.05) is 0 Å². The zero-order valence-electron chi connectivity index (χ0n) is 9.25. The Kier molecular flexibility index (Phi) is 2.14. The SMILES string of the molecule is CC1CSC(C)(C2CC3CCC2C3)N1. The summed E-state index contributed by atoms with van der Waals surface area (Å²) >= 11 is 2.18. The molecule has 2 heteroatoms. The summed E-state index contributed by atoms with van der Waals surface area (Å²) < 4.78 is 0. The van der Waals surface area contributed by atoms with Gasteiger partial charge in [0.05, 0.1) is 4.87 Å². The second-order valence-electron chi connectivity index (χ2n) is 5.74. The maximum absolute atomic E-state index is 3.82. The maximum atomic E-state index is 3.82. The number of hydrogen-bond acceptors (Lipinski definition) is 2. The van der Waals surface area contributed by atoms with Crippen LogP contribution in [0.2, 0.25) is 0 Å². The van der Waals surface area contributed by atoms with Crippen molar-refractivity contribution in [3.05, 3.63) is 0 Å². The highest BCUT2D eigenvalue weighted by atomic mass is 32.2. The molecule has 0 amide bonds. The number of rotatable bonds is 1. The number of thioether (sulfide) groups is 1. The lowest BCUT2D eigenvalue weighted by molar-refractivity contribution is 0.236. The van der Waals surface area contributed by atoms with Crippen molar-refractivity contribution in [2.24, 2.45) is 17.8 Å². The fourth-order valence-corrected chi connectivity index (χ4v) is 5.47. The topological polar surface area (TPSA) is 12.0 Å². The van der Waals surface area contributed by atoms with Crippen molar-refractivity contribution in [3.63, 3.8) is 0 Å². The van der Waals surface area contributed by atoms with E-state index in [0.29, 0.717) is 4.87 Å². The second kappa shape index (κ2) is 3.15. The standard InChI is InChI=1S/C12H21NS/c1-8-7-14-12(2,13-8)11-6-9-3-4-10(11)5-9/h8-11,13H,3-7H2,1-2H3. The first-order valence-corrected chi connectivity index (χ1v) is 7.07. The Balaban J connectivity index is 1.76. The van der Waals surface area contributed by atoms with Gasteiger partial charge in [-0.15, -0.1) is 11.8 Å². The van der Waals surface area contributed by atoms with Gasteiger partial charge in [-0.2, -0.15) is 0 Å². The van der Waals surface area contributed by atoms with E-state index in [2.05, 4.69) is 30.9 Å². The molecule has 3 fully saturated rings. The fourth-order valence-electron chi connectivity index (χ4n) is 4.00. The molecule has 1 aliphatic heterocycles. The quantitative estimate of drug-likeness (QED) is 0.716. The zero-order valence-corrected chi connectivity index (χ0v) is 10.1. The third-order valence-corrected chi connectivity index (χ3v) is 6.30. The van der Waals surface area contributed by atoms with Crippen molar-refractivity contribution in [1.29, 1.82) is 0 Å². The van der Waals surface area contributed by atoms with Gasteiger partial charge < -0.3 is 0 Å². The Morgan fingerprint density at radius 3 is 2.64 bits per heavy atom. The summed E-state index contributed by atoms with van der Waals surface area (Å²) in [5.41, 5.74) is 0. The molecule has 3 aliphatic rings. The van der Waals surface area contributed by atoms with E-state index < -0.39 is 0 Å². The highest BCUT2D eigenvalue weighted by Gasteiger charge is 2.50. The van der Waals surface area contributed by atoms with Gasteiger partial charge in [0, 0.05) is 11.8 Å². The minimum Gasteiger partial charge on any atom is -0.299 e. The lowest BCUT2D eigenvalue weighted by atomic mass is 9.83. The van der Waals surface area contributed by atoms with Crippen LogP contribution in [0.3, 0.4) is 0 Å². The molecule has 14 heavy (non-hydrogen) atoms. The predicted molar refractivity (Wildman–Crippen MR) is 62.4 cm³/mol. The van der Waals surface area contributed by atoms with Gasteiger partial charge in [-0.05, 0) is 50.9 Å². The van der Waals surface area contributed by atoms with Crippen molar-refractivity contribution in [3.8, 4) is 0 Å². The van der Waals surface area contributed by atoms with Crippen LogP contribution in [-0.4, -0.2) is 16.7 Å². The Bertz CT molecular complexity index is 242. The van der Waals surface area contributed by atoms with E-state index in [1.54, 1.807) is 0 Å². The molecule has 1 N–H and O–H groups in total. The molecular weight excluding hydrogens is 190 g/mol. The van der Waals surface area contributed by atoms with Crippen molar-refractivity contribution in [1.82, 2.24) is 5.32 Å². The summed E-state index contributed by atoms with van der Waals surface area (Å²) in [5, 5.41) is 3.82. The predicted octanol–water partition coefficient (Wildman–Crippen LogP) is 2.86. The smallest absolute Gasteiger partial charge is 0.0650 e. The maximum Gasteiger partial charge on any atom is 0.0650 e. The van der Waals surface area contributed by atoms with Crippen LogP contribution in [0.1, 0.15) is 39.5 Å².